The van der Waals surface area contributed by atoms with Crippen molar-refractivity contribution in [3.63, 3.8) is 0 Å². The van der Waals surface area contributed by atoms with Crippen molar-refractivity contribution in [2.24, 2.45) is 0 Å². The highest BCUT2D eigenvalue weighted by Crippen LogP contribution is 1.96. The Hall–Kier alpha value is -0.260. The van der Waals surface area contributed by atoms with E-state index in [2.05, 4.69) is 27.7 Å². The molecular formula is C7H16. The second kappa shape index (κ2) is 3.91. The van der Waals surface area contributed by atoms with Crippen LogP contribution in [-0.4, -0.2) is 0 Å². The molecule has 0 N–H and O–H groups in total. The van der Waals surface area contributed by atoms with Crippen LogP contribution in [0.5, 0.6) is 0 Å². The maximum absolute atomic E-state index is 2.12. The second-order valence-corrected chi connectivity index (χ2v) is 2.00. The molecule has 0 aliphatic heterocycles. The fourth-order valence-electron chi connectivity index (χ4n) is 0. The van der Waals surface area contributed by atoms with Crippen molar-refractivity contribution in [3.05, 3.63) is 11.1 Å². The molecular weight excluding hydrogens is 84.1 g/mol. The summed E-state index contributed by atoms with van der Waals surface area (Å²) in [5.74, 6) is 0. The van der Waals surface area contributed by atoms with Crippen LogP contribution in [-0.2, 0) is 0 Å². The summed E-state index contributed by atoms with van der Waals surface area (Å²) in [5, 5.41) is 0. The van der Waals surface area contributed by atoms with E-state index in [9.17, 15) is 0 Å². The molecule has 0 aromatic rings. The number of allylic oxidation sites excluding steroid dienone is 2. The largest absolute Gasteiger partial charge is 0.0778 e. The fraction of sp³-hybridized carbons (Fsp3) is 0.714. The first kappa shape index (κ1) is 9.88. The van der Waals surface area contributed by atoms with Gasteiger partial charge in [-0.05, 0) is 27.7 Å². The highest BCUT2D eigenvalue weighted by atomic mass is 13.8. The van der Waals surface area contributed by atoms with Crippen molar-refractivity contribution >= 4 is 0 Å². The zero-order chi connectivity index (χ0) is 5.15. The van der Waals surface area contributed by atoms with Gasteiger partial charge in [0.1, 0.15) is 0 Å². The van der Waals surface area contributed by atoms with Gasteiger partial charge in [-0.2, -0.15) is 0 Å². The zero-order valence-corrected chi connectivity index (χ0v) is 5.00. The molecule has 0 aromatic carbocycles. The summed E-state index contributed by atoms with van der Waals surface area (Å²) in [6, 6.07) is 0. The van der Waals surface area contributed by atoms with Gasteiger partial charge in [0.05, 0.1) is 0 Å². The van der Waals surface area contributed by atoms with Gasteiger partial charge in [0, 0.05) is 0 Å². The lowest BCUT2D eigenvalue weighted by Crippen LogP contribution is -1.66. The van der Waals surface area contributed by atoms with Crippen molar-refractivity contribution in [3.8, 4) is 0 Å². The molecule has 0 nitrogen and oxygen atoms in total. The van der Waals surface area contributed by atoms with E-state index in [4.69, 9.17) is 0 Å². The zero-order valence-electron chi connectivity index (χ0n) is 5.00. The van der Waals surface area contributed by atoms with E-state index in [0.717, 1.165) is 0 Å². The van der Waals surface area contributed by atoms with Gasteiger partial charge in [0.15, 0.2) is 0 Å². The molecule has 0 heteroatoms. The molecule has 0 saturated heterocycles. The summed E-state index contributed by atoms with van der Waals surface area (Å²) in [7, 11) is 0. The Labute approximate surface area is 47.2 Å². The lowest BCUT2D eigenvalue weighted by molar-refractivity contribution is 1.23. The van der Waals surface area contributed by atoms with Crippen molar-refractivity contribution in [1.82, 2.24) is 0 Å². The molecule has 0 aliphatic carbocycles. The van der Waals surface area contributed by atoms with Crippen molar-refractivity contribution in [2.75, 3.05) is 0 Å². The Morgan fingerprint density at radius 2 is 0.857 bits per heavy atom. The van der Waals surface area contributed by atoms with Crippen molar-refractivity contribution in [2.45, 2.75) is 35.1 Å². The van der Waals surface area contributed by atoms with E-state index < -0.39 is 0 Å². The summed E-state index contributed by atoms with van der Waals surface area (Å²) in [6.07, 6.45) is 0. The first-order valence-electron chi connectivity index (χ1n) is 2.25. The van der Waals surface area contributed by atoms with Crippen LogP contribution in [0.2, 0.25) is 0 Å². The summed E-state index contributed by atoms with van der Waals surface area (Å²) in [5.41, 5.74) is 2.85. The van der Waals surface area contributed by atoms with Gasteiger partial charge >= 0.3 is 0 Å². The molecule has 7 heavy (non-hydrogen) atoms. The fourth-order valence-corrected chi connectivity index (χ4v) is 0. The topological polar surface area (TPSA) is 0 Å². The molecule has 0 radical (unpaired) electrons. The highest BCUT2D eigenvalue weighted by Gasteiger charge is 1.75. The van der Waals surface area contributed by atoms with Crippen LogP contribution in [0, 0.1) is 0 Å². The summed E-state index contributed by atoms with van der Waals surface area (Å²) < 4.78 is 0. The third-order valence-electron chi connectivity index (χ3n) is 1.00. The Balaban J connectivity index is 0. The summed E-state index contributed by atoms with van der Waals surface area (Å²) >= 11 is 0. The lowest BCUT2D eigenvalue weighted by Gasteiger charge is -1.88. The molecule has 0 spiro atoms. The average molecular weight is 100 g/mol. The van der Waals surface area contributed by atoms with E-state index in [1.165, 1.54) is 11.1 Å². The van der Waals surface area contributed by atoms with Crippen LogP contribution in [0.4, 0.5) is 0 Å². The van der Waals surface area contributed by atoms with Gasteiger partial charge < -0.3 is 0 Å². The SMILES string of the molecule is C.CC(C)=C(C)C. The molecule has 0 atom stereocenters. The minimum absolute atomic E-state index is 0. The van der Waals surface area contributed by atoms with Gasteiger partial charge in [-0.1, -0.05) is 18.6 Å². The van der Waals surface area contributed by atoms with E-state index >= 15 is 0 Å². The van der Waals surface area contributed by atoms with Crippen LogP contribution in [0.25, 0.3) is 0 Å². The van der Waals surface area contributed by atoms with Crippen LogP contribution >= 0.6 is 0 Å². The highest BCUT2D eigenvalue weighted by molar-refractivity contribution is 5.02. The van der Waals surface area contributed by atoms with E-state index in [1.54, 1.807) is 0 Å². The molecule has 0 unspecified atom stereocenters. The van der Waals surface area contributed by atoms with Crippen LogP contribution in [0.15, 0.2) is 11.1 Å². The van der Waals surface area contributed by atoms with Crippen LogP contribution in [0.1, 0.15) is 35.1 Å². The molecule has 0 saturated carbocycles. The molecule has 0 fully saturated rings. The third-order valence-corrected chi connectivity index (χ3v) is 1.00. The van der Waals surface area contributed by atoms with Gasteiger partial charge in [-0.15, -0.1) is 0 Å². The van der Waals surface area contributed by atoms with E-state index in [0.29, 0.717) is 0 Å². The normalized spacial score (nSPS) is 6.86. The lowest BCUT2D eigenvalue weighted by atomic mass is 10.2. The van der Waals surface area contributed by atoms with Crippen LogP contribution in [0.3, 0.4) is 0 Å². The van der Waals surface area contributed by atoms with E-state index in [-0.39, 0.29) is 7.43 Å². The number of rotatable bonds is 0. The summed E-state index contributed by atoms with van der Waals surface area (Å²) in [4.78, 5) is 0. The van der Waals surface area contributed by atoms with Gasteiger partial charge in [-0.3, -0.25) is 0 Å². The minimum Gasteiger partial charge on any atom is -0.0778 e. The van der Waals surface area contributed by atoms with Crippen molar-refractivity contribution in [1.29, 1.82) is 0 Å². The Bertz CT molecular complexity index is 50.1. The maximum Gasteiger partial charge on any atom is -0.0440 e. The van der Waals surface area contributed by atoms with Gasteiger partial charge in [0.25, 0.3) is 0 Å². The molecule has 44 valence electrons. The Kier molecular flexibility index (Phi) is 5.53. The third kappa shape index (κ3) is 5.74. The Morgan fingerprint density at radius 3 is 0.857 bits per heavy atom. The number of hydrogen-bond acceptors (Lipinski definition) is 0. The molecule has 0 aliphatic rings. The Morgan fingerprint density at radius 1 is 0.714 bits per heavy atom. The minimum atomic E-state index is 0. The predicted octanol–water partition coefficient (Wildman–Crippen LogP) is 3.00. The molecule has 0 aromatic heterocycles. The van der Waals surface area contributed by atoms with E-state index in [1.807, 2.05) is 0 Å². The molecule has 0 amide bonds. The second-order valence-electron chi connectivity index (χ2n) is 2.00. The van der Waals surface area contributed by atoms with Crippen molar-refractivity contribution < 1.29 is 0 Å². The summed E-state index contributed by atoms with van der Waals surface area (Å²) in [6.45, 7) is 8.48. The first-order chi connectivity index (χ1) is 2.64. The monoisotopic (exact) mass is 100 g/mol. The molecule has 0 rings (SSSR count). The quantitative estimate of drug-likeness (QED) is 0.410. The predicted molar refractivity (Wildman–Crippen MR) is 36.5 cm³/mol. The maximum atomic E-state index is 2.12. The molecule has 0 heterocycles. The average Bonchev–Trinajstić information content (AvgIpc) is 1.36. The first-order valence-corrected chi connectivity index (χ1v) is 2.25. The molecule has 0 bridgehead atoms. The van der Waals surface area contributed by atoms with Gasteiger partial charge in [-0.25, -0.2) is 0 Å². The number of hydrogen-bond donors (Lipinski definition) is 0. The smallest absolute Gasteiger partial charge is 0.0440 e. The standard InChI is InChI=1S/C6H12.CH4/c1-5(2)6(3)4;/h1-4H3;1H4. The van der Waals surface area contributed by atoms with Gasteiger partial charge in [0.2, 0.25) is 0 Å². The van der Waals surface area contributed by atoms with Crippen LogP contribution < -0.4 is 0 Å².